The van der Waals surface area contributed by atoms with Crippen LogP contribution in [0, 0.1) is 29.1 Å². The summed E-state index contributed by atoms with van der Waals surface area (Å²) in [5.74, 6) is -0.190. The zero-order chi connectivity index (χ0) is 12.1. The van der Waals surface area contributed by atoms with E-state index >= 15 is 0 Å². The molecule has 2 rings (SSSR count). The normalized spacial score (nSPS) is 41.2. The zero-order valence-electron chi connectivity index (χ0n) is 9.01. The molecule has 0 saturated heterocycles. The van der Waals surface area contributed by atoms with Gasteiger partial charge in [-0.2, -0.15) is 18.4 Å². The minimum Gasteiger partial charge on any atom is -0.361 e. The van der Waals surface area contributed by atoms with Crippen molar-refractivity contribution in [3.63, 3.8) is 0 Å². The monoisotopic (exact) mass is 231 g/mol. The molecule has 0 amide bonds. The van der Waals surface area contributed by atoms with E-state index in [4.69, 9.17) is 10.00 Å². The summed E-state index contributed by atoms with van der Waals surface area (Å²) in [6.45, 7) is 2.15. The van der Waals surface area contributed by atoms with Crippen LogP contribution in [0.2, 0.25) is 0 Å². The third-order valence-electron chi connectivity index (χ3n) is 3.62. The van der Waals surface area contributed by atoms with E-state index in [1.807, 2.05) is 6.08 Å². The highest BCUT2D eigenvalue weighted by atomic mass is 19.4. The first-order chi connectivity index (χ1) is 7.29. The van der Waals surface area contributed by atoms with Gasteiger partial charge in [0.05, 0.1) is 17.6 Å². The minimum absolute atomic E-state index is 0.0863. The lowest BCUT2D eigenvalue weighted by Gasteiger charge is -2.29. The second-order valence-electron chi connectivity index (χ2n) is 4.62. The largest absolute Gasteiger partial charge is 0.411 e. The van der Waals surface area contributed by atoms with Crippen LogP contribution in [-0.4, -0.2) is 18.4 Å². The average molecular weight is 231 g/mol. The van der Waals surface area contributed by atoms with Gasteiger partial charge in [0.1, 0.15) is 6.61 Å². The van der Waals surface area contributed by atoms with Gasteiger partial charge < -0.3 is 4.74 Å². The average Bonchev–Trinajstić information content (AvgIpc) is 2.80. The van der Waals surface area contributed by atoms with Crippen molar-refractivity contribution >= 4 is 0 Å². The Hall–Kier alpha value is -1.02. The molecular weight excluding hydrogens is 219 g/mol. The molecule has 0 bridgehead atoms. The summed E-state index contributed by atoms with van der Waals surface area (Å²) < 4.78 is 41.4. The van der Waals surface area contributed by atoms with Crippen LogP contribution < -0.4 is 0 Å². The highest BCUT2D eigenvalue weighted by Crippen LogP contribution is 2.62. The predicted molar refractivity (Wildman–Crippen MR) is 50.3 cm³/mol. The number of rotatable bonds is 2. The lowest BCUT2D eigenvalue weighted by atomic mass is 9.93. The zero-order valence-corrected chi connectivity index (χ0v) is 9.01. The summed E-state index contributed by atoms with van der Waals surface area (Å²) in [6, 6.07) is 2.11. The van der Waals surface area contributed by atoms with Crippen LogP contribution in [0.1, 0.15) is 13.8 Å². The summed E-state index contributed by atoms with van der Waals surface area (Å²) in [5.41, 5.74) is -0.112. The van der Waals surface area contributed by atoms with Gasteiger partial charge in [-0.1, -0.05) is 6.08 Å². The Morgan fingerprint density at radius 1 is 1.56 bits per heavy atom. The van der Waals surface area contributed by atoms with Crippen LogP contribution in [-0.2, 0) is 4.74 Å². The fourth-order valence-electron chi connectivity index (χ4n) is 2.58. The molecule has 0 aromatic rings. The van der Waals surface area contributed by atoms with Crippen molar-refractivity contribution in [2.24, 2.45) is 17.8 Å². The van der Waals surface area contributed by atoms with Gasteiger partial charge in [0.25, 0.3) is 0 Å². The quantitative estimate of drug-likeness (QED) is 0.684. The summed E-state index contributed by atoms with van der Waals surface area (Å²) >= 11 is 0. The predicted octanol–water partition coefficient (Wildman–Crippen LogP) is 2.67. The van der Waals surface area contributed by atoms with E-state index in [-0.39, 0.29) is 17.8 Å². The molecule has 1 saturated carbocycles. The molecule has 0 aliphatic heterocycles. The summed E-state index contributed by atoms with van der Waals surface area (Å²) in [6.07, 6.45) is -2.45. The van der Waals surface area contributed by atoms with Crippen LogP contribution in [0.4, 0.5) is 13.2 Å². The highest BCUT2D eigenvalue weighted by Gasteiger charge is 2.64. The third kappa shape index (κ3) is 1.61. The van der Waals surface area contributed by atoms with E-state index in [9.17, 15) is 13.2 Å². The molecule has 0 spiro atoms. The molecular formula is C11H12F3NO. The van der Waals surface area contributed by atoms with Crippen molar-refractivity contribution < 1.29 is 17.9 Å². The van der Waals surface area contributed by atoms with Crippen molar-refractivity contribution in [3.05, 3.63) is 11.6 Å². The van der Waals surface area contributed by atoms with Crippen LogP contribution in [0.15, 0.2) is 11.6 Å². The van der Waals surface area contributed by atoms with Gasteiger partial charge in [-0.15, -0.1) is 0 Å². The summed E-state index contributed by atoms with van der Waals surface area (Å²) in [5, 5.41) is 8.80. The molecule has 0 aromatic heterocycles. The molecule has 0 unspecified atom stereocenters. The smallest absolute Gasteiger partial charge is 0.361 e. The maximum Gasteiger partial charge on any atom is 0.411 e. The van der Waals surface area contributed by atoms with Crippen molar-refractivity contribution in [2.75, 3.05) is 6.61 Å². The Morgan fingerprint density at radius 3 is 2.69 bits per heavy atom. The highest BCUT2D eigenvalue weighted by molar-refractivity contribution is 5.37. The Labute approximate surface area is 91.7 Å². The maximum absolute atomic E-state index is 12.1. The van der Waals surface area contributed by atoms with Crippen LogP contribution in [0.25, 0.3) is 0 Å². The van der Waals surface area contributed by atoms with Gasteiger partial charge in [0.2, 0.25) is 0 Å². The molecule has 2 aliphatic rings. The molecule has 2 aliphatic carbocycles. The second-order valence-corrected chi connectivity index (χ2v) is 4.62. The number of allylic oxidation sites excluding steroid dienone is 1. The van der Waals surface area contributed by atoms with E-state index in [2.05, 4.69) is 6.07 Å². The molecule has 4 atom stereocenters. The standard InChI is InChI=1S/C11H12F3NO/c1-6-3-7-8(4-15)9(7)10(6,2)16-5-11(12,13)14/h3,7-9H,5H2,1-2H3/t7-,8+,9-,10+/m0/s1. The van der Waals surface area contributed by atoms with E-state index in [1.54, 1.807) is 13.8 Å². The van der Waals surface area contributed by atoms with Crippen LogP contribution in [0.3, 0.4) is 0 Å². The first-order valence-electron chi connectivity index (χ1n) is 5.09. The molecule has 2 nitrogen and oxygen atoms in total. The maximum atomic E-state index is 12.1. The second kappa shape index (κ2) is 3.24. The molecule has 5 heteroatoms. The van der Waals surface area contributed by atoms with Crippen LogP contribution in [0.5, 0.6) is 0 Å². The van der Waals surface area contributed by atoms with Gasteiger partial charge >= 0.3 is 6.18 Å². The lowest BCUT2D eigenvalue weighted by Crippen LogP contribution is -2.36. The van der Waals surface area contributed by atoms with E-state index < -0.39 is 18.4 Å². The first-order valence-corrected chi connectivity index (χ1v) is 5.09. The fraction of sp³-hybridized carbons (Fsp3) is 0.727. The summed E-state index contributed by atoms with van der Waals surface area (Å²) in [7, 11) is 0. The third-order valence-corrected chi connectivity index (χ3v) is 3.62. The molecule has 1 fully saturated rings. The SMILES string of the molecule is CC1=C[C@H]2[C@@H](C#N)[C@H]2[C@]1(C)OCC(F)(F)F. The first kappa shape index (κ1) is 11.5. The van der Waals surface area contributed by atoms with Crippen molar-refractivity contribution in [1.29, 1.82) is 5.26 Å². The number of fused-ring (bicyclic) bond motifs is 1. The fourth-order valence-corrected chi connectivity index (χ4v) is 2.58. The van der Waals surface area contributed by atoms with Gasteiger partial charge in [-0.25, -0.2) is 0 Å². The molecule has 0 radical (unpaired) electrons. The topological polar surface area (TPSA) is 33.0 Å². The van der Waals surface area contributed by atoms with Gasteiger partial charge in [0, 0.05) is 11.8 Å². The number of hydrogen-bond donors (Lipinski definition) is 0. The molecule has 16 heavy (non-hydrogen) atoms. The Morgan fingerprint density at radius 2 is 2.19 bits per heavy atom. The molecule has 0 heterocycles. The Balaban J connectivity index is 2.08. The Kier molecular flexibility index (Phi) is 2.32. The van der Waals surface area contributed by atoms with Crippen molar-refractivity contribution in [1.82, 2.24) is 0 Å². The van der Waals surface area contributed by atoms with Gasteiger partial charge in [-0.3, -0.25) is 0 Å². The summed E-state index contributed by atoms with van der Waals surface area (Å²) in [4.78, 5) is 0. The molecule has 0 aromatic carbocycles. The molecule has 0 N–H and O–H groups in total. The van der Waals surface area contributed by atoms with Gasteiger partial charge in [0.15, 0.2) is 0 Å². The van der Waals surface area contributed by atoms with Gasteiger partial charge in [-0.05, 0) is 19.4 Å². The minimum atomic E-state index is -4.32. The number of halogens is 3. The number of alkyl halides is 3. The van der Waals surface area contributed by atoms with E-state index in [0.717, 1.165) is 5.57 Å². The van der Waals surface area contributed by atoms with E-state index in [0.29, 0.717) is 0 Å². The molecule has 88 valence electrons. The van der Waals surface area contributed by atoms with Crippen molar-refractivity contribution in [3.8, 4) is 6.07 Å². The van der Waals surface area contributed by atoms with E-state index in [1.165, 1.54) is 0 Å². The number of nitrogens with zero attached hydrogens (tertiary/aromatic N) is 1. The number of nitriles is 1. The Bertz CT molecular complexity index is 382. The number of ether oxygens (including phenoxy) is 1. The van der Waals surface area contributed by atoms with Crippen molar-refractivity contribution in [2.45, 2.75) is 25.6 Å². The lowest BCUT2D eigenvalue weighted by molar-refractivity contribution is -0.199. The van der Waals surface area contributed by atoms with Crippen LogP contribution >= 0.6 is 0 Å². The number of hydrogen-bond acceptors (Lipinski definition) is 2.